The highest BCUT2D eigenvalue weighted by Gasteiger charge is 2.30. The highest BCUT2D eigenvalue weighted by molar-refractivity contribution is 9.11. The number of halogens is 2. The third kappa shape index (κ3) is 3.46. The highest BCUT2D eigenvalue weighted by atomic mass is 79.9. The summed E-state index contributed by atoms with van der Waals surface area (Å²) in [6, 6.07) is 0. The van der Waals surface area contributed by atoms with Gasteiger partial charge in [0.05, 0.1) is 11.6 Å². The Labute approximate surface area is 117 Å². The van der Waals surface area contributed by atoms with E-state index in [-0.39, 0.29) is 12.5 Å². The minimum atomic E-state index is -0.589. The Balaban J connectivity index is 2.88. The summed E-state index contributed by atoms with van der Waals surface area (Å²) < 4.78 is 1.08. The number of amides is 1. The molecular formula is C10H14Br2N4O. The number of hydrogen-bond acceptors (Lipinski definition) is 4. The third-order valence-corrected chi connectivity index (χ3v) is 3.65. The second-order valence-electron chi connectivity index (χ2n) is 3.90. The number of nitrogens with two attached hydrogens (primary N) is 1. The minimum absolute atomic E-state index is 0.153. The molecule has 5 nitrogen and oxygen atoms in total. The molecule has 1 aromatic rings. The van der Waals surface area contributed by atoms with Gasteiger partial charge in [-0.2, -0.15) is 0 Å². The van der Waals surface area contributed by atoms with Gasteiger partial charge in [0.25, 0.3) is 0 Å². The molecule has 7 heteroatoms. The van der Waals surface area contributed by atoms with Gasteiger partial charge in [0.1, 0.15) is 9.21 Å². The van der Waals surface area contributed by atoms with Gasteiger partial charge in [-0.25, -0.2) is 9.97 Å². The molecule has 0 saturated heterocycles. The molecule has 0 bridgehead atoms. The van der Waals surface area contributed by atoms with Gasteiger partial charge < -0.3 is 11.1 Å². The van der Waals surface area contributed by atoms with Crippen molar-refractivity contribution in [2.75, 3.05) is 11.9 Å². The molecule has 0 aliphatic heterocycles. The zero-order chi connectivity index (χ0) is 13.1. The molecule has 1 atom stereocenters. The smallest absolute Gasteiger partial charge is 0.232 e. The van der Waals surface area contributed by atoms with Crippen LogP contribution in [0.25, 0.3) is 0 Å². The fourth-order valence-electron chi connectivity index (χ4n) is 1.09. The average molecular weight is 366 g/mol. The van der Waals surface area contributed by atoms with Gasteiger partial charge in [0.15, 0.2) is 5.82 Å². The lowest BCUT2D eigenvalue weighted by atomic mass is 9.87. The number of hydrogen-bond donors (Lipinski definition) is 2. The zero-order valence-corrected chi connectivity index (χ0v) is 12.8. The first-order chi connectivity index (χ1) is 7.92. The van der Waals surface area contributed by atoms with E-state index in [2.05, 4.69) is 47.1 Å². The Morgan fingerprint density at radius 1 is 1.59 bits per heavy atom. The van der Waals surface area contributed by atoms with Crippen molar-refractivity contribution < 1.29 is 4.79 Å². The molecule has 1 amide bonds. The van der Waals surface area contributed by atoms with Gasteiger partial charge in [0.2, 0.25) is 5.91 Å². The number of carbonyl (C=O) groups excluding carboxylic acids is 1. The summed E-state index contributed by atoms with van der Waals surface area (Å²) in [5.41, 5.74) is 5.03. The number of carbonyl (C=O) groups is 1. The summed E-state index contributed by atoms with van der Waals surface area (Å²) in [7, 11) is 0. The standard InChI is InChI=1S/C10H14Br2N4O/c1-3-10(2,5-13)9(17)16-8-7(12)15-6(11)4-14-8/h4H,3,5,13H2,1-2H3,(H,14,16,17). The molecular weight excluding hydrogens is 352 g/mol. The lowest BCUT2D eigenvalue weighted by molar-refractivity contribution is -0.124. The first kappa shape index (κ1) is 14.5. The lowest BCUT2D eigenvalue weighted by Crippen LogP contribution is -2.39. The number of anilines is 1. The minimum Gasteiger partial charge on any atom is -0.329 e. The van der Waals surface area contributed by atoms with Crippen LogP contribution < -0.4 is 11.1 Å². The van der Waals surface area contributed by atoms with E-state index in [9.17, 15) is 4.79 Å². The number of aromatic nitrogens is 2. The molecule has 0 aliphatic rings. The van der Waals surface area contributed by atoms with E-state index in [1.54, 1.807) is 0 Å². The fourth-order valence-corrected chi connectivity index (χ4v) is 2.00. The van der Waals surface area contributed by atoms with Crippen molar-refractivity contribution >= 4 is 43.6 Å². The fraction of sp³-hybridized carbons (Fsp3) is 0.500. The van der Waals surface area contributed by atoms with Gasteiger partial charge >= 0.3 is 0 Å². The molecule has 1 rings (SSSR count). The maximum Gasteiger partial charge on any atom is 0.232 e. The number of nitrogens with zero attached hydrogens (tertiary/aromatic N) is 2. The van der Waals surface area contributed by atoms with Crippen molar-refractivity contribution in [3.05, 3.63) is 15.4 Å². The quantitative estimate of drug-likeness (QED) is 0.857. The van der Waals surface area contributed by atoms with Crippen molar-refractivity contribution in [2.45, 2.75) is 20.3 Å². The maximum atomic E-state index is 12.0. The molecule has 0 radical (unpaired) electrons. The first-order valence-electron chi connectivity index (χ1n) is 5.12. The van der Waals surface area contributed by atoms with Crippen molar-refractivity contribution in [1.29, 1.82) is 0 Å². The van der Waals surface area contributed by atoms with Crippen molar-refractivity contribution in [1.82, 2.24) is 9.97 Å². The highest BCUT2D eigenvalue weighted by Crippen LogP contribution is 2.24. The van der Waals surface area contributed by atoms with Gasteiger partial charge in [-0.15, -0.1) is 0 Å². The molecule has 17 heavy (non-hydrogen) atoms. The van der Waals surface area contributed by atoms with Crippen molar-refractivity contribution in [2.24, 2.45) is 11.1 Å². The van der Waals surface area contributed by atoms with Gasteiger partial charge in [-0.3, -0.25) is 4.79 Å². The van der Waals surface area contributed by atoms with Crippen molar-refractivity contribution in [3.63, 3.8) is 0 Å². The van der Waals surface area contributed by atoms with Crippen LogP contribution in [0.15, 0.2) is 15.4 Å². The van der Waals surface area contributed by atoms with Crippen molar-refractivity contribution in [3.8, 4) is 0 Å². The van der Waals surface area contributed by atoms with Gasteiger partial charge in [-0.05, 0) is 45.2 Å². The molecule has 0 aromatic carbocycles. The summed E-state index contributed by atoms with van der Waals surface area (Å²) in [4.78, 5) is 20.2. The Bertz CT molecular complexity index is 421. The summed E-state index contributed by atoms with van der Waals surface area (Å²) in [5.74, 6) is 0.242. The van der Waals surface area contributed by atoms with E-state index in [1.807, 2.05) is 13.8 Å². The second kappa shape index (κ2) is 5.88. The van der Waals surface area contributed by atoms with Crippen LogP contribution >= 0.6 is 31.9 Å². The summed E-state index contributed by atoms with van der Waals surface area (Å²) in [6.07, 6.45) is 2.18. The molecule has 0 fully saturated rings. The summed E-state index contributed by atoms with van der Waals surface area (Å²) >= 11 is 6.43. The van der Waals surface area contributed by atoms with Crippen LogP contribution in [0, 0.1) is 5.41 Å². The molecule has 0 spiro atoms. The van der Waals surface area contributed by atoms with Crippen LogP contribution in [0.3, 0.4) is 0 Å². The number of rotatable bonds is 4. The normalized spacial score (nSPS) is 14.2. The predicted octanol–water partition coefficient (Wildman–Crippen LogP) is 2.32. The molecule has 1 unspecified atom stereocenters. The van der Waals surface area contributed by atoms with E-state index in [1.165, 1.54) is 6.20 Å². The number of nitrogens with one attached hydrogen (secondary N) is 1. The Hall–Kier alpha value is -0.530. The molecule has 1 aromatic heterocycles. The topological polar surface area (TPSA) is 80.9 Å². The molecule has 1 heterocycles. The van der Waals surface area contributed by atoms with Gasteiger partial charge in [-0.1, -0.05) is 6.92 Å². The predicted molar refractivity (Wildman–Crippen MR) is 73.5 cm³/mol. The summed E-state index contributed by atoms with van der Waals surface area (Å²) in [6.45, 7) is 4.04. The average Bonchev–Trinajstić information content (AvgIpc) is 2.31. The molecule has 3 N–H and O–H groups in total. The van der Waals surface area contributed by atoms with Crippen LogP contribution in [0.2, 0.25) is 0 Å². The molecule has 0 saturated carbocycles. The van der Waals surface area contributed by atoms with Crippen LogP contribution in [-0.2, 0) is 4.79 Å². The maximum absolute atomic E-state index is 12.0. The third-order valence-electron chi connectivity index (χ3n) is 2.71. The summed E-state index contributed by atoms with van der Waals surface area (Å²) in [5, 5.41) is 2.72. The Kier molecular flexibility index (Phi) is 5.03. The van der Waals surface area contributed by atoms with E-state index < -0.39 is 5.41 Å². The second-order valence-corrected chi connectivity index (χ2v) is 5.47. The molecule has 0 aliphatic carbocycles. The first-order valence-corrected chi connectivity index (χ1v) is 6.71. The van der Waals surface area contributed by atoms with Crippen LogP contribution in [0.4, 0.5) is 5.82 Å². The van der Waals surface area contributed by atoms with E-state index in [0.29, 0.717) is 21.4 Å². The van der Waals surface area contributed by atoms with Crippen LogP contribution in [0.1, 0.15) is 20.3 Å². The largest absolute Gasteiger partial charge is 0.329 e. The van der Waals surface area contributed by atoms with Crippen LogP contribution in [-0.4, -0.2) is 22.4 Å². The van der Waals surface area contributed by atoms with E-state index in [0.717, 1.165) is 0 Å². The van der Waals surface area contributed by atoms with E-state index >= 15 is 0 Å². The lowest BCUT2D eigenvalue weighted by Gasteiger charge is -2.24. The SMILES string of the molecule is CCC(C)(CN)C(=O)Nc1ncc(Br)nc1Br. The van der Waals surface area contributed by atoms with Gasteiger partial charge in [0, 0.05) is 6.54 Å². The molecule has 94 valence electrons. The van der Waals surface area contributed by atoms with Crippen LogP contribution in [0.5, 0.6) is 0 Å². The monoisotopic (exact) mass is 364 g/mol. The Morgan fingerprint density at radius 3 is 2.71 bits per heavy atom. The Morgan fingerprint density at radius 2 is 2.24 bits per heavy atom. The zero-order valence-electron chi connectivity index (χ0n) is 9.63. The van der Waals surface area contributed by atoms with E-state index in [4.69, 9.17) is 5.73 Å².